The summed E-state index contributed by atoms with van der Waals surface area (Å²) in [5, 5.41) is 14.5. The number of carbonyl (C=O) groups excluding carboxylic acids is 2. The largest absolute Gasteiger partial charge is 0.480 e. The number of thiol groups is 2. The van der Waals surface area contributed by atoms with E-state index in [2.05, 4.69) is 25.3 Å². The van der Waals surface area contributed by atoms with Crippen LogP contribution >= 0.6 is 25.3 Å². The van der Waals surface area contributed by atoms with E-state index in [1.165, 1.54) is 6.92 Å². The SMILES string of the molecule is CC(C(=O)C(=O)CC(S)C(=O)O)C(S)C(=O)O. The molecule has 2 N–H and O–H groups in total. The van der Waals surface area contributed by atoms with Gasteiger partial charge in [0.05, 0.1) is 0 Å². The van der Waals surface area contributed by atoms with Crippen molar-refractivity contribution in [2.45, 2.75) is 23.8 Å². The summed E-state index contributed by atoms with van der Waals surface area (Å²) in [6.45, 7) is 1.25. The van der Waals surface area contributed by atoms with Crippen molar-refractivity contribution in [3.05, 3.63) is 0 Å². The Morgan fingerprint density at radius 2 is 1.53 bits per heavy atom. The third kappa shape index (κ3) is 4.78. The summed E-state index contributed by atoms with van der Waals surface area (Å²) in [6.07, 6.45) is -0.568. The fourth-order valence-corrected chi connectivity index (χ4v) is 1.28. The quantitative estimate of drug-likeness (QED) is 0.383. The molecule has 8 heteroatoms. The van der Waals surface area contributed by atoms with E-state index in [-0.39, 0.29) is 0 Å². The van der Waals surface area contributed by atoms with E-state index >= 15 is 0 Å². The second kappa shape index (κ2) is 6.65. The number of carboxylic acids is 2. The van der Waals surface area contributed by atoms with E-state index in [0.29, 0.717) is 0 Å². The van der Waals surface area contributed by atoms with Crippen LogP contribution in [0.3, 0.4) is 0 Å². The highest BCUT2D eigenvalue weighted by molar-refractivity contribution is 7.82. The van der Waals surface area contributed by atoms with Gasteiger partial charge < -0.3 is 10.2 Å². The van der Waals surface area contributed by atoms with Crippen LogP contribution in [-0.2, 0) is 19.2 Å². The van der Waals surface area contributed by atoms with Crippen molar-refractivity contribution < 1.29 is 29.4 Å². The number of hydrogen-bond acceptors (Lipinski definition) is 6. The van der Waals surface area contributed by atoms with Gasteiger partial charge in [-0.1, -0.05) is 6.92 Å². The number of rotatable bonds is 7. The van der Waals surface area contributed by atoms with Crippen LogP contribution < -0.4 is 0 Å². The van der Waals surface area contributed by atoms with Crippen LogP contribution in [0.25, 0.3) is 0 Å². The van der Waals surface area contributed by atoms with Gasteiger partial charge in [-0.05, 0) is 0 Å². The summed E-state index contributed by atoms with van der Waals surface area (Å²) in [5.41, 5.74) is 0. The lowest BCUT2D eigenvalue weighted by Crippen LogP contribution is -2.34. The molecule has 96 valence electrons. The maximum atomic E-state index is 11.5. The average Bonchev–Trinajstić information content (AvgIpc) is 2.25. The number of carboxylic acid groups (broad SMARTS) is 2. The zero-order chi connectivity index (χ0) is 13.7. The summed E-state index contributed by atoms with van der Waals surface area (Å²) in [7, 11) is 0. The van der Waals surface area contributed by atoms with Crippen molar-refractivity contribution in [2.75, 3.05) is 0 Å². The number of Topliss-reactive ketones (excluding diaryl/α,β-unsaturated/α-hetero) is 2. The van der Waals surface area contributed by atoms with Crippen molar-refractivity contribution in [1.29, 1.82) is 0 Å². The van der Waals surface area contributed by atoms with E-state index in [9.17, 15) is 19.2 Å². The fraction of sp³-hybridized carbons (Fsp3) is 0.556. The molecule has 0 aromatic carbocycles. The Balaban J connectivity index is 4.56. The average molecular weight is 280 g/mol. The third-order valence-electron chi connectivity index (χ3n) is 2.08. The normalized spacial score (nSPS) is 15.7. The molecule has 3 atom stereocenters. The fourth-order valence-electron chi connectivity index (χ4n) is 0.975. The van der Waals surface area contributed by atoms with E-state index < -0.39 is 46.3 Å². The molecule has 0 fully saturated rings. The summed E-state index contributed by atoms with van der Waals surface area (Å²) in [5.74, 6) is -5.66. The molecule has 0 spiro atoms. The van der Waals surface area contributed by atoms with Crippen LogP contribution in [0.15, 0.2) is 0 Å². The molecule has 17 heavy (non-hydrogen) atoms. The van der Waals surface area contributed by atoms with Crippen LogP contribution in [0.2, 0.25) is 0 Å². The van der Waals surface area contributed by atoms with Crippen molar-refractivity contribution in [2.24, 2.45) is 5.92 Å². The Morgan fingerprint density at radius 1 is 1.06 bits per heavy atom. The topological polar surface area (TPSA) is 109 Å². The van der Waals surface area contributed by atoms with Crippen LogP contribution in [0.1, 0.15) is 13.3 Å². The molecule has 0 saturated heterocycles. The molecular weight excluding hydrogens is 268 g/mol. The minimum Gasteiger partial charge on any atom is -0.480 e. The van der Waals surface area contributed by atoms with Gasteiger partial charge in [0.2, 0.25) is 5.78 Å². The first kappa shape index (κ1) is 16.0. The molecule has 3 unspecified atom stereocenters. The summed E-state index contributed by atoms with van der Waals surface area (Å²) < 4.78 is 0. The van der Waals surface area contributed by atoms with Crippen LogP contribution in [0.5, 0.6) is 0 Å². The zero-order valence-corrected chi connectivity index (χ0v) is 10.6. The van der Waals surface area contributed by atoms with Crippen LogP contribution in [0, 0.1) is 5.92 Å². The predicted molar refractivity (Wildman–Crippen MR) is 64.6 cm³/mol. The molecule has 0 bridgehead atoms. The summed E-state index contributed by atoms with van der Waals surface area (Å²) >= 11 is 7.29. The minimum absolute atomic E-state index is 0.568. The summed E-state index contributed by atoms with van der Waals surface area (Å²) in [4.78, 5) is 43.8. The Hall–Kier alpha value is -1.02. The number of ketones is 2. The first-order valence-electron chi connectivity index (χ1n) is 4.57. The molecule has 0 aromatic rings. The standard InChI is InChI=1S/C9H12O6S2/c1-3(7(17)9(14)15)6(11)4(10)2-5(16)8(12)13/h3,5,7,16-17H,2H2,1H3,(H,12,13)(H,14,15). The first-order valence-corrected chi connectivity index (χ1v) is 5.60. The Bertz CT molecular complexity index is 353. The van der Waals surface area contributed by atoms with E-state index in [0.717, 1.165) is 0 Å². The molecule has 0 saturated carbocycles. The zero-order valence-electron chi connectivity index (χ0n) is 8.86. The molecule has 0 amide bonds. The molecule has 6 nitrogen and oxygen atoms in total. The Labute approximate surface area is 108 Å². The lowest BCUT2D eigenvalue weighted by atomic mass is 9.96. The van der Waals surface area contributed by atoms with Gasteiger partial charge in [0, 0.05) is 12.3 Å². The van der Waals surface area contributed by atoms with E-state index in [1.807, 2.05) is 0 Å². The minimum atomic E-state index is -1.32. The van der Waals surface area contributed by atoms with Crippen LogP contribution in [0.4, 0.5) is 0 Å². The number of carbonyl (C=O) groups is 4. The highest BCUT2D eigenvalue weighted by Crippen LogP contribution is 2.14. The lowest BCUT2D eigenvalue weighted by Gasteiger charge is -2.13. The predicted octanol–water partition coefficient (Wildman–Crippen LogP) is -0.0832. The van der Waals surface area contributed by atoms with Gasteiger partial charge in [-0.25, -0.2) is 0 Å². The molecule has 0 heterocycles. The van der Waals surface area contributed by atoms with Crippen molar-refractivity contribution in [3.63, 3.8) is 0 Å². The second-order valence-electron chi connectivity index (χ2n) is 3.42. The molecule has 0 rings (SSSR count). The molecule has 0 aliphatic rings. The van der Waals surface area contributed by atoms with Gasteiger partial charge in [0.1, 0.15) is 10.5 Å². The number of aliphatic carboxylic acids is 2. The highest BCUT2D eigenvalue weighted by atomic mass is 32.1. The van der Waals surface area contributed by atoms with Gasteiger partial charge in [-0.2, -0.15) is 25.3 Å². The van der Waals surface area contributed by atoms with Gasteiger partial charge in [0.15, 0.2) is 5.78 Å². The van der Waals surface area contributed by atoms with Crippen molar-refractivity contribution in [1.82, 2.24) is 0 Å². The van der Waals surface area contributed by atoms with Gasteiger partial charge in [-0.15, -0.1) is 0 Å². The van der Waals surface area contributed by atoms with Gasteiger partial charge in [-0.3, -0.25) is 19.2 Å². The Kier molecular flexibility index (Phi) is 6.25. The maximum Gasteiger partial charge on any atom is 0.317 e. The summed E-state index contributed by atoms with van der Waals surface area (Å²) in [6, 6.07) is 0. The Morgan fingerprint density at radius 3 is 1.88 bits per heavy atom. The first-order chi connectivity index (χ1) is 7.68. The molecule has 0 radical (unpaired) electrons. The van der Waals surface area contributed by atoms with Crippen LogP contribution in [-0.4, -0.2) is 44.2 Å². The number of hydrogen-bond donors (Lipinski definition) is 4. The van der Waals surface area contributed by atoms with Gasteiger partial charge in [0.25, 0.3) is 0 Å². The van der Waals surface area contributed by atoms with Crippen molar-refractivity contribution >= 4 is 48.8 Å². The monoisotopic (exact) mass is 280 g/mol. The molecule has 0 aromatic heterocycles. The molecule has 0 aliphatic carbocycles. The second-order valence-corrected chi connectivity index (χ2v) is 4.60. The smallest absolute Gasteiger partial charge is 0.317 e. The van der Waals surface area contributed by atoms with Gasteiger partial charge >= 0.3 is 11.9 Å². The lowest BCUT2D eigenvalue weighted by molar-refractivity contribution is -0.144. The molecule has 0 aliphatic heterocycles. The van der Waals surface area contributed by atoms with E-state index in [4.69, 9.17) is 10.2 Å². The third-order valence-corrected chi connectivity index (χ3v) is 3.15. The van der Waals surface area contributed by atoms with Crippen molar-refractivity contribution in [3.8, 4) is 0 Å². The maximum absolute atomic E-state index is 11.5. The molecular formula is C9H12O6S2. The van der Waals surface area contributed by atoms with E-state index in [1.54, 1.807) is 0 Å². The highest BCUT2D eigenvalue weighted by Gasteiger charge is 2.32.